The van der Waals surface area contributed by atoms with Gasteiger partial charge in [-0.05, 0) is 26.0 Å². The van der Waals surface area contributed by atoms with Crippen molar-refractivity contribution in [2.45, 2.75) is 26.8 Å². The van der Waals surface area contributed by atoms with Gasteiger partial charge in [-0.2, -0.15) is 0 Å². The molecule has 2 aromatic rings. The Balaban J connectivity index is 2.28. The zero-order chi connectivity index (χ0) is 13.1. The number of rotatable bonds is 3. The van der Waals surface area contributed by atoms with Crippen molar-refractivity contribution in [2.24, 2.45) is 0 Å². The van der Waals surface area contributed by atoms with E-state index >= 15 is 0 Å². The van der Waals surface area contributed by atoms with Crippen molar-refractivity contribution in [3.63, 3.8) is 0 Å². The van der Waals surface area contributed by atoms with Gasteiger partial charge in [-0.25, -0.2) is 4.98 Å². The second-order valence-electron chi connectivity index (χ2n) is 4.45. The van der Waals surface area contributed by atoms with Gasteiger partial charge in [0.1, 0.15) is 0 Å². The van der Waals surface area contributed by atoms with E-state index in [0.717, 1.165) is 5.56 Å². The van der Waals surface area contributed by atoms with E-state index in [1.165, 1.54) is 0 Å². The molecule has 1 heterocycles. The highest BCUT2D eigenvalue weighted by Crippen LogP contribution is 2.21. The monoisotopic (exact) mass is 244 g/mol. The Morgan fingerprint density at radius 3 is 2.78 bits per heavy atom. The van der Waals surface area contributed by atoms with Crippen molar-refractivity contribution in [1.82, 2.24) is 10.3 Å². The summed E-state index contributed by atoms with van der Waals surface area (Å²) in [5.74, 6) is 1.21. The van der Waals surface area contributed by atoms with E-state index in [1.807, 2.05) is 26.0 Å². The molecule has 18 heavy (non-hydrogen) atoms. The van der Waals surface area contributed by atoms with Crippen LogP contribution in [0.3, 0.4) is 0 Å². The molecule has 0 bridgehead atoms. The van der Waals surface area contributed by atoms with Crippen molar-refractivity contribution >= 4 is 5.91 Å². The predicted octanol–water partition coefficient (Wildman–Crippen LogP) is 2.79. The molecule has 1 aromatic carbocycles. The number of nitrogens with one attached hydrogen (secondary N) is 1. The van der Waals surface area contributed by atoms with Gasteiger partial charge in [-0.15, -0.1) is 0 Å². The minimum absolute atomic E-state index is 0.0805. The fraction of sp³-hybridized carbons (Fsp3) is 0.286. The number of nitrogens with zero attached hydrogens (tertiary/aromatic N) is 1. The lowest BCUT2D eigenvalue weighted by Gasteiger charge is -2.08. The zero-order valence-electron chi connectivity index (χ0n) is 10.7. The van der Waals surface area contributed by atoms with E-state index in [2.05, 4.69) is 10.3 Å². The van der Waals surface area contributed by atoms with Crippen LogP contribution in [0.1, 0.15) is 30.1 Å². The Hall–Kier alpha value is -2.10. The Bertz CT molecular complexity index is 558. The lowest BCUT2D eigenvalue weighted by Crippen LogP contribution is -2.29. The van der Waals surface area contributed by atoms with E-state index < -0.39 is 0 Å². The molecule has 0 saturated heterocycles. The van der Waals surface area contributed by atoms with E-state index in [1.54, 1.807) is 25.3 Å². The van der Waals surface area contributed by atoms with E-state index in [4.69, 9.17) is 4.42 Å². The molecular formula is C14H16N2O2. The fourth-order valence-electron chi connectivity index (χ4n) is 1.65. The van der Waals surface area contributed by atoms with E-state index in [0.29, 0.717) is 17.2 Å². The third-order valence-corrected chi connectivity index (χ3v) is 2.45. The van der Waals surface area contributed by atoms with Gasteiger partial charge >= 0.3 is 0 Å². The molecule has 0 fully saturated rings. The zero-order valence-corrected chi connectivity index (χ0v) is 10.7. The highest BCUT2D eigenvalue weighted by atomic mass is 16.4. The maximum Gasteiger partial charge on any atom is 0.251 e. The van der Waals surface area contributed by atoms with Crippen LogP contribution in [-0.2, 0) is 0 Å². The molecule has 0 atom stereocenters. The number of oxazole rings is 1. The van der Waals surface area contributed by atoms with Gasteiger partial charge in [0.05, 0.1) is 6.20 Å². The van der Waals surface area contributed by atoms with Crippen molar-refractivity contribution in [1.29, 1.82) is 0 Å². The number of benzene rings is 1. The van der Waals surface area contributed by atoms with Gasteiger partial charge < -0.3 is 9.73 Å². The molecule has 0 saturated carbocycles. The largest absolute Gasteiger partial charge is 0.441 e. The van der Waals surface area contributed by atoms with Crippen molar-refractivity contribution in [2.75, 3.05) is 0 Å². The van der Waals surface area contributed by atoms with Gasteiger partial charge in [-0.3, -0.25) is 4.79 Å². The Kier molecular flexibility index (Phi) is 3.46. The first kappa shape index (κ1) is 12.4. The van der Waals surface area contributed by atoms with E-state index in [9.17, 15) is 4.79 Å². The molecule has 4 heteroatoms. The first-order chi connectivity index (χ1) is 8.56. The number of aryl methyl sites for hydroxylation is 1. The summed E-state index contributed by atoms with van der Waals surface area (Å²) < 4.78 is 5.44. The standard InChI is InChI=1S/C14H16N2O2/c1-9(2)16-14(17)12-6-4-5-11(7-12)13-8-15-10(3)18-13/h4-9H,1-3H3,(H,16,17). The third-order valence-electron chi connectivity index (χ3n) is 2.45. The number of carbonyl (C=O) groups excluding carboxylic acids is 1. The van der Waals surface area contributed by atoms with Crippen molar-refractivity contribution < 1.29 is 9.21 Å². The molecule has 0 radical (unpaired) electrons. The highest BCUT2D eigenvalue weighted by Gasteiger charge is 2.09. The van der Waals surface area contributed by atoms with Crippen LogP contribution in [0, 0.1) is 6.92 Å². The SMILES string of the molecule is Cc1ncc(-c2cccc(C(=O)NC(C)C)c2)o1. The molecule has 94 valence electrons. The number of hydrogen-bond acceptors (Lipinski definition) is 3. The average molecular weight is 244 g/mol. The Morgan fingerprint density at radius 2 is 2.17 bits per heavy atom. The number of amides is 1. The molecule has 0 spiro atoms. The minimum Gasteiger partial charge on any atom is -0.441 e. The van der Waals surface area contributed by atoms with E-state index in [-0.39, 0.29) is 11.9 Å². The fourth-order valence-corrected chi connectivity index (χ4v) is 1.65. The lowest BCUT2D eigenvalue weighted by atomic mass is 10.1. The van der Waals surface area contributed by atoms with Gasteiger partial charge in [0.15, 0.2) is 11.7 Å². The van der Waals surface area contributed by atoms with Crippen LogP contribution >= 0.6 is 0 Å². The summed E-state index contributed by atoms with van der Waals surface area (Å²) in [6.45, 7) is 5.65. The number of aromatic nitrogens is 1. The summed E-state index contributed by atoms with van der Waals surface area (Å²) in [4.78, 5) is 15.9. The van der Waals surface area contributed by atoms with Gasteiger partial charge in [-0.1, -0.05) is 12.1 Å². The topological polar surface area (TPSA) is 55.1 Å². The molecule has 1 aromatic heterocycles. The summed E-state index contributed by atoms with van der Waals surface area (Å²) in [7, 11) is 0. The molecule has 1 N–H and O–H groups in total. The molecule has 0 aliphatic carbocycles. The first-order valence-electron chi connectivity index (χ1n) is 5.90. The van der Waals surface area contributed by atoms with Gasteiger partial charge in [0.25, 0.3) is 5.91 Å². The first-order valence-corrected chi connectivity index (χ1v) is 5.90. The summed E-state index contributed by atoms with van der Waals surface area (Å²) >= 11 is 0. The summed E-state index contributed by atoms with van der Waals surface area (Å²) in [5, 5.41) is 2.86. The maximum absolute atomic E-state index is 11.9. The number of hydrogen-bond donors (Lipinski definition) is 1. The highest BCUT2D eigenvalue weighted by molar-refractivity contribution is 5.95. The number of carbonyl (C=O) groups is 1. The van der Waals surface area contributed by atoms with Crippen LogP contribution in [0.5, 0.6) is 0 Å². The summed E-state index contributed by atoms with van der Waals surface area (Å²) in [6, 6.07) is 7.44. The second-order valence-corrected chi connectivity index (χ2v) is 4.45. The molecule has 2 rings (SSSR count). The molecule has 0 unspecified atom stereocenters. The van der Waals surface area contributed by atoms with Crippen LogP contribution < -0.4 is 5.32 Å². The Morgan fingerprint density at radius 1 is 1.39 bits per heavy atom. The Labute approximate surface area is 106 Å². The second kappa shape index (κ2) is 5.04. The molecule has 1 amide bonds. The smallest absolute Gasteiger partial charge is 0.251 e. The van der Waals surface area contributed by atoms with Crippen LogP contribution in [0.2, 0.25) is 0 Å². The third kappa shape index (κ3) is 2.77. The summed E-state index contributed by atoms with van der Waals surface area (Å²) in [6.07, 6.45) is 1.66. The van der Waals surface area contributed by atoms with Crippen LogP contribution in [0.25, 0.3) is 11.3 Å². The van der Waals surface area contributed by atoms with Gasteiger partial charge in [0.2, 0.25) is 0 Å². The molecule has 0 aliphatic rings. The molecular weight excluding hydrogens is 228 g/mol. The van der Waals surface area contributed by atoms with Crippen LogP contribution in [-0.4, -0.2) is 16.9 Å². The summed E-state index contributed by atoms with van der Waals surface area (Å²) in [5.41, 5.74) is 1.47. The van der Waals surface area contributed by atoms with Crippen LogP contribution in [0.4, 0.5) is 0 Å². The maximum atomic E-state index is 11.9. The predicted molar refractivity (Wildman–Crippen MR) is 69.3 cm³/mol. The molecule has 4 nitrogen and oxygen atoms in total. The quantitative estimate of drug-likeness (QED) is 0.903. The normalized spacial score (nSPS) is 10.7. The minimum atomic E-state index is -0.0805. The van der Waals surface area contributed by atoms with Crippen molar-refractivity contribution in [3.8, 4) is 11.3 Å². The average Bonchev–Trinajstić information content (AvgIpc) is 2.75. The van der Waals surface area contributed by atoms with Crippen molar-refractivity contribution in [3.05, 3.63) is 41.9 Å². The molecule has 0 aliphatic heterocycles. The van der Waals surface area contributed by atoms with Gasteiger partial charge in [0, 0.05) is 24.1 Å². The lowest BCUT2D eigenvalue weighted by molar-refractivity contribution is 0.0943. The van der Waals surface area contributed by atoms with Crippen LogP contribution in [0.15, 0.2) is 34.9 Å².